The van der Waals surface area contributed by atoms with Gasteiger partial charge >= 0.3 is 0 Å². The quantitative estimate of drug-likeness (QED) is 0.798. The molecule has 0 radical (unpaired) electrons. The van der Waals surface area contributed by atoms with E-state index in [9.17, 15) is 13.6 Å². The maximum atomic E-state index is 12.3. The monoisotopic (exact) mass is 261 g/mol. The number of hydrogen-bond donors (Lipinski definition) is 2. The van der Waals surface area contributed by atoms with E-state index in [0.717, 1.165) is 0 Å². The number of benzene rings is 1. The molecule has 0 fully saturated rings. The number of halogens is 2. The standard InChI is InChI=1S/C11H13F2NO2S/c1-7(6-15)14-10(16)8-4-2-3-5-9(8)17-11(12)13/h2-5,7,11,15H,6H2,1H3,(H,14,16)/t7-/m1/s1. The second kappa shape index (κ2) is 6.56. The molecule has 1 aromatic carbocycles. The Morgan fingerprint density at radius 1 is 1.47 bits per heavy atom. The summed E-state index contributed by atoms with van der Waals surface area (Å²) < 4.78 is 24.6. The van der Waals surface area contributed by atoms with Gasteiger partial charge in [0, 0.05) is 10.9 Å². The van der Waals surface area contributed by atoms with Crippen LogP contribution in [0.5, 0.6) is 0 Å². The molecule has 0 spiro atoms. The summed E-state index contributed by atoms with van der Waals surface area (Å²) in [4.78, 5) is 12.0. The van der Waals surface area contributed by atoms with Gasteiger partial charge in [0.05, 0.1) is 12.2 Å². The first-order chi connectivity index (χ1) is 8.04. The summed E-state index contributed by atoms with van der Waals surface area (Å²) in [6, 6.07) is 5.73. The van der Waals surface area contributed by atoms with Crippen molar-refractivity contribution in [2.45, 2.75) is 23.6 Å². The fourth-order valence-electron chi connectivity index (χ4n) is 1.20. The van der Waals surface area contributed by atoms with Gasteiger partial charge in [-0.2, -0.15) is 8.78 Å². The second-order valence-electron chi connectivity index (χ2n) is 3.43. The van der Waals surface area contributed by atoms with Gasteiger partial charge in [0.1, 0.15) is 0 Å². The highest BCUT2D eigenvalue weighted by Gasteiger charge is 2.16. The normalized spacial score (nSPS) is 12.5. The van der Waals surface area contributed by atoms with Crippen LogP contribution in [0.1, 0.15) is 17.3 Å². The van der Waals surface area contributed by atoms with Crippen LogP contribution in [0.2, 0.25) is 0 Å². The van der Waals surface area contributed by atoms with Gasteiger partial charge in [0.2, 0.25) is 0 Å². The lowest BCUT2D eigenvalue weighted by Crippen LogP contribution is -2.35. The van der Waals surface area contributed by atoms with Gasteiger partial charge in [-0.3, -0.25) is 4.79 Å². The Hall–Kier alpha value is -1.14. The second-order valence-corrected chi connectivity index (χ2v) is 4.46. The van der Waals surface area contributed by atoms with E-state index in [4.69, 9.17) is 5.11 Å². The highest BCUT2D eigenvalue weighted by molar-refractivity contribution is 7.99. The van der Waals surface area contributed by atoms with E-state index in [1.54, 1.807) is 19.1 Å². The molecule has 2 N–H and O–H groups in total. The van der Waals surface area contributed by atoms with Crippen molar-refractivity contribution >= 4 is 17.7 Å². The number of carbonyl (C=O) groups excluding carboxylic acids is 1. The smallest absolute Gasteiger partial charge is 0.288 e. The summed E-state index contributed by atoms with van der Waals surface area (Å²) in [5.74, 6) is -3.03. The van der Waals surface area contributed by atoms with Gasteiger partial charge in [0.15, 0.2) is 0 Å². The number of rotatable bonds is 5. The lowest BCUT2D eigenvalue weighted by molar-refractivity contribution is 0.0919. The van der Waals surface area contributed by atoms with Crippen LogP contribution in [0.25, 0.3) is 0 Å². The number of nitrogens with one attached hydrogen (secondary N) is 1. The lowest BCUT2D eigenvalue weighted by Gasteiger charge is -2.13. The summed E-state index contributed by atoms with van der Waals surface area (Å²) >= 11 is 0.331. The third-order valence-electron chi connectivity index (χ3n) is 2.00. The summed E-state index contributed by atoms with van der Waals surface area (Å²) in [6.45, 7) is 1.43. The molecule has 0 aliphatic heterocycles. The summed E-state index contributed by atoms with van der Waals surface area (Å²) in [7, 11) is 0. The van der Waals surface area contributed by atoms with Crippen LogP contribution in [-0.2, 0) is 0 Å². The summed E-state index contributed by atoms with van der Waals surface area (Å²) in [5.41, 5.74) is 0.193. The number of hydrogen-bond acceptors (Lipinski definition) is 3. The molecular weight excluding hydrogens is 248 g/mol. The molecule has 1 amide bonds. The van der Waals surface area contributed by atoms with Gasteiger partial charge in [-0.05, 0) is 19.1 Å². The zero-order valence-electron chi connectivity index (χ0n) is 9.19. The van der Waals surface area contributed by atoms with Crippen LogP contribution >= 0.6 is 11.8 Å². The van der Waals surface area contributed by atoms with Crippen LogP contribution in [0.15, 0.2) is 29.2 Å². The molecule has 1 aromatic rings. The number of amides is 1. The Labute approximate surface area is 102 Å². The molecule has 0 heterocycles. The van der Waals surface area contributed by atoms with Gasteiger partial charge < -0.3 is 10.4 Å². The Morgan fingerprint density at radius 3 is 2.71 bits per heavy atom. The SMILES string of the molecule is C[C@H](CO)NC(=O)c1ccccc1SC(F)F. The molecule has 0 saturated carbocycles. The maximum absolute atomic E-state index is 12.3. The summed E-state index contributed by atoms with van der Waals surface area (Å²) in [6.07, 6.45) is 0. The highest BCUT2D eigenvalue weighted by atomic mass is 32.2. The van der Waals surface area contributed by atoms with E-state index in [2.05, 4.69) is 5.32 Å². The van der Waals surface area contributed by atoms with E-state index < -0.39 is 17.7 Å². The van der Waals surface area contributed by atoms with Crippen molar-refractivity contribution < 1.29 is 18.7 Å². The number of aliphatic hydroxyl groups is 1. The molecule has 0 saturated heterocycles. The van der Waals surface area contributed by atoms with Crippen molar-refractivity contribution in [3.8, 4) is 0 Å². The zero-order valence-corrected chi connectivity index (χ0v) is 10.0. The topological polar surface area (TPSA) is 49.3 Å². The Balaban J connectivity index is 2.85. The number of carbonyl (C=O) groups is 1. The zero-order chi connectivity index (χ0) is 12.8. The predicted molar refractivity (Wildman–Crippen MR) is 62.3 cm³/mol. The fraction of sp³-hybridized carbons (Fsp3) is 0.364. The van der Waals surface area contributed by atoms with Crippen molar-refractivity contribution in [2.24, 2.45) is 0 Å². The molecule has 1 atom stereocenters. The van der Waals surface area contributed by atoms with Crippen molar-refractivity contribution in [2.75, 3.05) is 6.61 Å². The average Bonchev–Trinajstić information content (AvgIpc) is 2.28. The van der Waals surface area contributed by atoms with E-state index >= 15 is 0 Å². The largest absolute Gasteiger partial charge is 0.394 e. The molecular formula is C11H13F2NO2S. The molecule has 0 aliphatic rings. The molecule has 1 rings (SSSR count). The molecule has 3 nitrogen and oxygen atoms in total. The summed E-state index contributed by atoms with van der Waals surface area (Å²) in [5, 5.41) is 11.3. The van der Waals surface area contributed by atoms with Gasteiger partial charge in [-0.1, -0.05) is 23.9 Å². The number of alkyl halides is 2. The van der Waals surface area contributed by atoms with Crippen molar-refractivity contribution in [3.05, 3.63) is 29.8 Å². The minimum absolute atomic E-state index is 0.193. The number of aliphatic hydroxyl groups excluding tert-OH is 1. The van der Waals surface area contributed by atoms with Gasteiger partial charge in [-0.25, -0.2) is 0 Å². The lowest BCUT2D eigenvalue weighted by atomic mass is 10.2. The van der Waals surface area contributed by atoms with Crippen LogP contribution in [0.4, 0.5) is 8.78 Å². The Bertz CT molecular complexity index is 387. The van der Waals surface area contributed by atoms with Crippen LogP contribution in [-0.4, -0.2) is 29.4 Å². The first-order valence-corrected chi connectivity index (χ1v) is 5.88. The minimum atomic E-state index is -2.57. The highest BCUT2D eigenvalue weighted by Crippen LogP contribution is 2.28. The molecule has 0 aliphatic carbocycles. The molecule has 0 unspecified atom stereocenters. The van der Waals surface area contributed by atoms with Gasteiger partial charge in [-0.15, -0.1) is 0 Å². The van der Waals surface area contributed by atoms with E-state index in [-0.39, 0.29) is 17.1 Å². The van der Waals surface area contributed by atoms with Crippen LogP contribution < -0.4 is 5.32 Å². The minimum Gasteiger partial charge on any atom is -0.394 e. The Morgan fingerprint density at radius 2 is 2.12 bits per heavy atom. The molecule has 0 aromatic heterocycles. The third-order valence-corrected chi connectivity index (χ3v) is 2.79. The van der Waals surface area contributed by atoms with Crippen molar-refractivity contribution in [1.82, 2.24) is 5.32 Å². The first kappa shape index (κ1) is 13.9. The van der Waals surface area contributed by atoms with E-state index in [1.807, 2.05) is 0 Å². The van der Waals surface area contributed by atoms with Crippen LogP contribution in [0, 0.1) is 0 Å². The Kier molecular flexibility index (Phi) is 5.37. The van der Waals surface area contributed by atoms with Crippen LogP contribution in [0.3, 0.4) is 0 Å². The number of thioether (sulfide) groups is 1. The molecule has 94 valence electrons. The van der Waals surface area contributed by atoms with Crippen molar-refractivity contribution in [1.29, 1.82) is 0 Å². The van der Waals surface area contributed by atoms with E-state index in [1.165, 1.54) is 12.1 Å². The predicted octanol–water partition coefficient (Wildman–Crippen LogP) is 2.11. The van der Waals surface area contributed by atoms with Gasteiger partial charge in [0.25, 0.3) is 11.7 Å². The van der Waals surface area contributed by atoms with E-state index in [0.29, 0.717) is 11.8 Å². The third kappa shape index (κ3) is 4.32. The fourth-order valence-corrected chi connectivity index (χ4v) is 1.84. The molecule has 6 heteroatoms. The first-order valence-electron chi connectivity index (χ1n) is 5.00. The molecule has 0 bridgehead atoms. The average molecular weight is 261 g/mol. The van der Waals surface area contributed by atoms with Crippen molar-refractivity contribution in [3.63, 3.8) is 0 Å². The maximum Gasteiger partial charge on any atom is 0.288 e. The molecule has 17 heavy (non-hydrogen) atoms.